The first-order chi connectivity index (χ1) is 15.3. The molecule has 1 fully saturated rings. The standard InChI is InChI=1S/C27H36N2O3/c1-19-9-8-10-23(15-19)17-29(22(4)27(31)28-24-11-6-5-7-12-24)26(30)18-32-25-16-20(2)13-14-21(25)3/h8-10,13-16,22,24H,5-7,11-12,17-18H2,1-4H3,(H,28,31). The molecule has 5 heteroatoms. The summed E-state index contributed by atoms with van der Waals surface area (Å²) in [7, 11) is 0. The molecule has 1 atom stereocenters. The molecule has 0 saturated heterocycles. The van der Waals surface area contributed by atoms with E-state index in [1.165, 1.54) is 6.42 Å². The highest BCUT2D eigenvalue weighted by molar-refractivity contribution is 5.88. The molecule has 2 aromatic carbocycles. The summed E-state index contributed by atoms with van der Waals surface area (Å²) in [6.45, 7) is 8.06. The number of hydrogen-bond acceptors (Lipinski definition) is 3. The second-order valence-electron chi connectivity index (χ2n) is 9.09. The predicted octanol–water partition coefficient (Wildman–Crippen LogP) is 4.86. The summed E-state index contributed by atoms with van der Waals surface area (Å²) < 4.78 is 5.88. The molecule has 1 aliphatic carbocycles. The van der Waals surface area contributed by atoms with Gasteiger partial charge in [0.2, 0.25) is 5.91 Å². The largest absolute Gasteiger partial charge is 0.483 e. The Morgan fingerprint density at radius 2 is 1.75 bits per heavy atom. The Morgan fingerprint density at radius 3 is 2.47 bits per heavy atom. The highest BCUT2D eigenvalue weighted by Crippen LogP contribution is 2.21. The SMILES string of the molecule is Cc1cccc(CN(C(=O)COc2cc(C)ccc2C)C(C)C(=O)NC2CCCCC2)c1. The van der Waals surface area contributed by atoms with Gasteiger partial charge in [-0.25, -0.2) is 0 Å². The second-order valence-corrected chi connectivity index (χ2v) is 9.09. The summed E-state index contributed by atoms with van der Waals surface area (Å²) in [5, 5.41) is 3.17. The molecular formula is C27H36N2O3. The lowest BCUT2D eigenvalue weighted by molar-refractivity contribution is -0.142. The third-order valence-electron chi connectivity index (χ3n) is 6.25. The van der Waals surface area contributed by atoms with Crippen LogP contribution >= 0.6 is 0 Å². The molecular weight excluding hydrogens is 400 g/mol. The zero-order chi connectivity index (χ0) is 23.1. The Kier molecular flexibility index (Phi) is 8.32. The topological polar surface area (TPSA) is 58.6 Å². The van der Waals surface area contributed by atoms with Crippen molar-refractivity contribution in [3.05, 3.63) is 64.7 Å². The fourth-order valence-electron chi connectivity index (χ4n) is 4.24. The van der Waals surface area contributed by atoms with Crippen LogP contribution in [0.3, 0.4) is 0 Å². The van der Waals surface area contributed by atoms with Gasteiger partial charge in [-0.05, 0) is 63.3 Å². The van der Waals surface area contributed by atoms with Crippen LogP contribution in [0, 0.1) is 20.8 Å². The number of ether oxygens (including phenoxy) is 1. The van der Waals surface area contributed by atoms with Crippen LogP contribution in [0.2, 0.25) is 0 Å². The lowest BCUT2D eigenvalue weighted by Crippen LogP contribution is -2.51. The fourth-order valence-corrected chi connectivity index (χ4v) is 4.24. The van der Waals surface area contributed by atoms with Gasteiger partial charge in [0.1, 0.15) is 11.8 Å². The number of hydrogen-bond donors (Lipinski definition) is 1. The average molecular weight is 437 g/mol. The molecule has 1 unspecified atom stereocenters. The third kappa shape index (κ3) is 6.59. The molecule has 3 rings (SSSR count). The molecule has 2 aromatic rings. The van der Waals surface area contributed by atoms with Gasteiger partial charge in [0, 0.05) is 12.6 Å². The van der Waals surface area contributed by atoms with E-state index >= 15 is 0 Å². The third-order valence-corrected chi connectivity index (χ3v) is 6.25. The van der Waals surface area contributed by atoms with Crippen molar-refractivity contribution in [2.75, 3.05) is 6.61 Å². The van der Waals surface area contributed by atoms with Crippen molar-refractivity contribution in [2.24, 2.45) is 0 Å². The molecule has 0 bridgehead atoms. The molecule has 172 valence electrons. The maximum atomic E-state index is 13.3. The molecule has 0 spiro atoms. The van der Waals surface area contributed by atoms with E-state index in [2.05, 4.69) is 11.4 Å². The van der Waals surface area contributed by atoms with E-state index in [-0.39, 0.29) is 24.5 Å². The Bertz CT molecular complexity index is 934. The number of carbonyl (C=O) groups is 2. The molecule has 0 heterocycles. The van der Waals surface area contributed by atoms with Crippen molar-refractivity contribution in [2.45, 2.75) is 78.4 Å². The Morgan fingerprint density at radius 1 is 1.03 bits per heavy atom. The smallest absolute Gasteiger partial charge is 0.261 e. The predicted molar refractivity (Wildman–Crippen MR) is 128 cm³/mol. The van der Waals surface area contributed by atoms with E-state index in [1.54, 1.807) is 4.90 Å². The van der Waals surface area contributed by atoms with Gasteiger partial charge in [-0.3, -0.25) is 9.59 Å². The van der Waals surface area contributed by atoms with E-state index in [0.29, 0.717) is 12.3 Å². The quantitative estimate of drug-likeness (QED) is 0.643. The van der Waals surface area contributed by atoms with Gasteiger partial charge >= 0.3 is 0 Å². The fraction of sp³-hybridized carbons (Fsp3) is 0.481. The summed E-state index contributed by atoms with van der Waals surface area (Å²) in [4.78, 5) is 27.9. The molecule has 32 heavy (non-hydrogen) atoms. The van der Waals surface area contributed by atoms with Crippen LogP contribution in [-0.4, -0.2) is 35.4 Å². The van der Waals surface area contributed by atoms with Gasteiger partial charge in [0.25, 0.3) is 5.91 Å². The number of aryl methyl sites for hydroxylation is 3. The number of carbonyl (C=O) groups excluding carboxylic acids is 2. The van der Waals surface area contributed by atoms with Crippen molar-refractivity contribution in [3.8, 4) is 5.75 Å². The average Bonchev–Trinajstić information content (AvgIpc) is 2.78. The Hall–Kier alpha value is -2.82. The summed E-state index contributed by atoms with van der Waals surface area (Å²) in [6.07, 6.45) is 5.56. The molecule has 5 nitrogen and oxygen atoms in total. The van der Waals surface area contributed by atoms with Crippen LogP contribution in [0.15, 0.2) is 42.5 Å². The normalized spacial score (nSPS) is 15.1. The maximum Gasteiger partial charge on any atom is 0.261 e. The number of nitrogens with one attached hydrogen (secondary N) is 1. The zero-order valence-electron chi connectivity index (χ0n) is 19.8. The summed E-state index contributed by atoms with van der Waals surface area (Å²) in [5.74, 6) is 0.413. The van der Waals surface area contributed by atoms with E-state index in [1.807, 2.05) is 64.1 Å². The van der Waals surface area contributed by atoms with E-state index in [4.69, 9.17) is 4.74 Å². The van der Waals surface area contributed by atoms with Crippen LogP contribution in [0.25, 0.3) is 0 Å². The van der Waals surface area contributed by atoms with Crippen molar-refractivity contribution in [1.82, 2.24) is 10.2 Å². The van der Waals surface area contributed by atoms with Gasteiger partial charge in [-0.15, -0.1) is 0 Å². The minimum Gasteiger partial charge on any atom is -0.483 e. The van der Waals surface area contributed by atoms with E-state index < -0.39 is 6.04 Å². The lowest BCUT2D eigenvalue weighted by atomic mass is 9.95. The highest BCUT2D eigenvalue weighted by atomic mass is 16.5. The van der Waals surface area contributed by atoms with Crippen molar-refractivity contribution >= 4 is 11.8 Å². The van der Waals surface area contributed by atoms with Crippen molar-refractivity contribution in [3.63, 3.8) is 0 Å². The lowest BCUT2D eigenvalue weighted by Gasteiger charge is -2.31. The van der Waals surface area contributed by atoms with Gasteiger partial charge in [0.15, 0.2) is 6.61 Å². The van der Waals surface area contributed by atoms with Gasteiger partial charge in [-0.2, -0.15) is 0 Å². The molecule has 0 radical (unpaired) electrons. The van der Waals surface area contributed by atoms with Crippen LogP contribution in [0.5, 0.6) is 5.75 Å². The minimum atomic E-state index is -0.577. The van der Waals surface area contributed by atoms with Crippen LogP contribution < -0.4 is 10.1 Å². The summed E-state index contributed by atoms with van der Waals surface area (Å²) >= 11 is 0. The van der Waals surface area contributed by atoms with Crippen LogP contribution in [-0.2, 0) is 16.1 Å². The zero-order valence-corrected chi connectivity index (χ0v) is 19.8. The van der Waals surface area contributed by atoms with Gasteiger partial charge < -0.3 is 15.0 Å². The first-order valence-corrected chi connectivity index (χ1v) is 11.7. The van der Waals surface area contributed by atoms with Crippen molar-refractivity contribution in [1.29, 1.82) is 0 Å². The maximum absolute atomic E-state index is 13.3. The summed E-state index contributed by atoms with van der Waals surface area (Å²) in [5.41, 5.74) is 4.19. The number of amides is 2. The monoisotopic (exact) mass is 436 g/mol. The van der Waals surface area contributed by atoms with Crippen LogP contribution in [0.4, 0.5) is 0 Å². The van der Waals surface area contributed by atoms with E-state index in [0.717, 1.165) is 47.9 Å². The van der Waals surface area contributed by atoms with Crippen molar-refractivity contribution < 1.29 is 14.3 Å². The molecule has 0 aromatic heterocycles. The Labute approximate surface area is 192 Å². The first kappa shape index (κ1) is 23.8. The van der Waals surface area contributed by atoms with E-state index in [9.17, 15) is 9.59 Å². The van der Waals surface area contributed by atoms with Gasteiger partial charge in [-0.1, -0.05) is 61.2 Å². The van der Waals surface area contributed by atoms with Crippen LogP contribution in [0.1, 0.15) is 61.3 Å². The molecule has 1 aliphatic rings. The minimum absolute atomic E-state index is 0.0929. The summed E-state index contributed by atoms with van der Waals surface area (Å²) in [6, 6.07) is 13.6. The molecule has 1 saturated carbocycles. The number of benzene rings is 2. The highest BCUT2D eigenvalue weighted by Gasteiger charge is 2.28. The molecule has 0 aliphatic heterocycles. The Balaban J connectivity index is 1.73. The second kappa shape index (κ2) is 11.2. The molecule has 2 amide bonds. The molecule has 1 N–H and O–H groups in total. The number of rotatable bonds is 8. The van der Waals surface area contributed by atoms with Gasteiger partial charge in [0.05, 0.1) is 0 Å². The first-order valence-electron chi connectivity index (χ1n) is 11.7. The number of nitrogens with zero attached hydrogens (tertiary/aromatic N) is 1.